The first-order valence-corrected chi connectivity index (χ1v) is 23.2. The summed E-state index contributed by atoms with van der Waals surface area (Å²) < 4.78 is 5.07. The number of hydrogen-bond donors (Lipinski definition) is 0. The average molecular weight is 837 g/mol. The second-order valence-electron chi connectivity index (χ2n) is 16.8. The van der Waals surface area contributed by atoms with Crippen LogP contribution in [0, 0.1) is 0 Å². The number of aromatic nitrogens is 1. The quantitative estimate of drug-likeness (QED) is 0.174. The van der Waals surface area contributed by atoms with E-state index in [1.807, 2.05) is 23.1 Å². The number of para-hydroxylation sites is 2. The lowest BCUT2D eigenvalue weighted by atomic mass is 9.59. The van der Waals surface area contributed by atoms with Gasteiger partial charge in [0.25, 0.3) is 0 Å². The molecule has 1 spiro atoms. The number of fused-ring (bicyclic) bond motifs is 14. The molecule has 14 rings (SSSR count). The van der Waals surface area contributed by atoms with E-state index in [1.54, 1.807) is 0 Å². The second-order valence-corrected chi connectivity index (χ2v) is 19.0. The third kappa shape index (κ3) is 4.91. The van der Waals surface area contributed by atoms with Crippen molar-refractivity contribution in [1.29, 1.82) is 0 Å². The van der Waals surface area contributed by atoms with Gasteiger partial charge in [0.05, 0.1) is 16.4 Å². The second kappa shape index (κ2) is 13.3. The molecule has 0 saturated carbocycles. The molecule has 2 nitrogen and oxygen atoms in total. The lowest BCUT2D eigenvalue weighted by Crippen LogP contribution is -2.36. The van der Waals surface area contributed by atoms with Crippen LogP contribution >= 0.6 is 23.1 Å². The van der Waals surface area contributed by atoms with Gasteiger partial charge in [-0.3, -0.25) is 0 Å². The zero-order valence-electron chi connectivity index (χ0n) is 34.0. The van der Waals surface area contributed by atoms with Gasteiger partial charge < -0.3 is 9.47 Å². The van der Waals surface area contributed by atoms with Gasteiger partial charge in [0.1, 0.15) is 0 Å². The van der Waals surface area contributed by atoms with Crippen LogP contribution in [-0.2, 0) is 5.41 Å². The van der Waals surface area contributed by atoms with Crippen molar-refractivity contribution in [3.8, 4) is 16.8 Å². The highest BCUT2D eigenvalue weighted by Crippen LogP contribution is 2.61. The maximum Gasteiger partial charge on any atom is 0.0735 e. The fourth-order valence-corrected chi connectivity index (χ4v) is 13.4. The van der Waals surface area contributed by atoms with Gasteiger partial charge >= 0.3 is 0 Å². The van der Waals surface area contributed by atoms with Gasteiger partial charge in [-0.05, 0) is 117 Å². The Morgan fingerprint density at radius 2 is 1.05 bits per heavy atom. The molecule has 4 heteroatoms. The number of benzene rings is 10. The average Bonchev–Trinajstić information content (AvgIpc) is 3.88. The van der Waals surface area contributed by atoms with Crippen LogP contribution in [0.4, 0.5) is 17.1 Å². The summed E-state index contributed by atoms with van der Waals surface area (Å²) in [4.78, 5) is 5.00. The van der Waals surface area contributed by atoms with Gasteiger partial charge in [0, 0.05) is 63.5 Å². The smallest absolute Gasteiger partial charge is 0.0735 e. The molecule has 0 fully saturated rings. The van der Waals surface area contributed by atoms with E-state index in [9.17, 15) is 0 Å². The van der Waals surface area contributed by atoms with Gasteiger partial charge in [-0.1, -0.05) is 157 Å². The summed E-state index contributed by atoms with van der Waals surface area (Å²) in [7, 11) is 0. The van der Waals surface area contributed by atoms with Crippen molar-refractivity contribution in [2.75, 3.05) is 4.90 Å². The fraction of sp³-hybridized carbons (Fsp3) is 0.0169. The Hall–Kier alpha value is -7.37. The Morgan fingerprint density at radius 1 is 0.381 bits per heavy atom. The van der Waals surface area contributed by atoms with Crippen LogP contribution in [0.15, 0.2) is 228 Å². The molecule has 2 aromatic heterocycles. The van der Waals surface area contributed by atoms with Gasteiger partial charge in [-0.2, -0.15) is 0 Å². The lowest BCUT2D eigenvalue weighted by molar-refractivity contribution is 0.707. The molecule has 63 heavy (non-hydrogen) atoms. The lowest BCUT2D eigenvalue weighted by Gasteiger charge is -2.46. The van der Waals surface area contributed by atoms with Crippen molar-refractivity contribution in [2.45, 2.75) is 15.2 Å². The van der Waals surface area contributed by atoms with Crippen LogP contribution in [0.3, 0.4) is 0 Å². The summed E-state index contributed by atoms with van der Waals surface area (Å²) in [6.45, 7) is 0. The summed E-state index contributed by atoms with van der Waals surface area (Å²) in [6, 6.07) is 81.6. The first-order valence-electron chi connectivity index (χ1n) is 21.6. The number of anilines is 3. The van der Waals surface area contributed by atoms with Crippen molar-refractivity contribution in [3.05, 3.63) is 241 Å². The van der Waals surface area contributed by atoms with Crippen molar-refractivity contribution < 1.29 is 0 Å². The van der Waals surface area contributed by atoms with Crippen molar-refractivity contribution >= 4 is 92.9 Å². The van der Waals surface area contributed by atoms with E-state index in [1.165, 1.54) is 102 Å². The number of thiophene rings is 1. The molecule has 1 atom stereocenters. The minimum atomic E-state index is -0.489. The SMILES string of the molecule is c1ccc(N(c2ccc3c(c2)Sc2ccccc2C32c3ccccc3-c3cccc4cccc2c34)c2ccc3c(c2)c2ccccc2n3-c2ccc3c(c2)sc2ccccc23)cc1. The molecule has 0 bridgehead atoms. The predicted molar refractivity (Wildman–Crippen MR) is 267 cm³/mol. The van der Waals surface area contributed by atoms with E-state index < -0.39 is 5.41 Å². The van der Waals surface area contributed by atoms with Gasteiger partial charge in [-0.15, -0.1) is 11.3 Å². The summed E-state index contributed by atoms with van der Waals surface area (Å²) >= 11 is 3.76. The van der Waals surface area contributed by atoms with Crippen LogP contribution in [0.25, 0.3) is 69.6 Å². The van der Waals surface area contributed by atoms with Crippen LogP contribution in [0.2, 0.25) is 0 Å². The molecule has 0 saturated heterocycles. The summed E-state index contributed by atoms with van der Waals surface area (Å²) in [5, 5.41) is 7.73. The topological polar surface area (TPSA) is 8.17 Å². The van der Waals surface area contributed by atoms with Crippen molar-refractivity contribution in [3.63, 3.8) is 0 Å². The molecule has 3 heterocycles. The summed E-state index contributed by atoms with van der Waals surface area (Å²) in [5.41, 5.74) is 14.4. The zero-order valence-corrected chi connectivity index (χ0v) is 35.6. The Labute approximate surface area is 372 Å². The van der Waals surface area contributed by atoms with Crippen LogP contribution in [0.1, 0.15) is 22.3 Å². The first-order chi connectivity index (χ1) is 31.2. The monoisotopic (exact) mass is 836 g/mol. The third-order valence-electron chi connectivity index (χ3n) is 13.6. The van der Waals surface area contributed by atoms with E-state index in [0.29, 0.717) is 0 Å². The molecule has 0 N–H and O–H groups in total. The van der Waals surface area contributed by atoms with Crippen molar-refractivity contribution in [1.82, 2.24) is 4.57 Å². The minimum absolute atomic E-state index is 0.489. The predicted octanol–water partition coefficient (Wildman–Crippen LogP) is 16.6. The van der Waals surface area contributed by atoms with Gasteiger partial charge in [0.15, 0.2) is 0 Å². The maximum atomic E-state index is 2.45. The molecule has 0 amide bonds. The van der Waals surface area contributed by atoms with E-state index in [0.717, 1.165) is 17.1 Å². The zero-order chi connectivity index (χ0) is 41.2. The number of nitrogens with zero attached hydrogens (tertiary/aromatic N) is 2. The Bertz CT molecular complexity index is 3850. The number of hydrogen-bond acceptors (Lipinski definition) is 3. The first kappa shape index (κ1) is 35.2. The fourth-order valence-electron chi connectivity index (χ4n) is 11.1. The Balaban J connectivity index is 0.979. The van der Waals surface area contributed by atoms with E-state index in [-0.39, 0.29) is 0 Å². The highest BCUT2D eigenvalue weighted by Gasteiger charge is 2.48. The molecule has 1 aliphatic carbocycles. The largest absolute Gasteiger partial charge is 0.310 e. The summed E-state index contributed by atoms with van der Waals surface area (Å²) in [6.07, 6.45) is 0. The van der Waals surface area contributed by atoms with Gasteiger partial charge in [-0.25, -0.2) is 0 Å². The molecule has 10 aromatic carbocycles. The van der Waals surface area contributed by atoms with Crippen LogP contribution in [-0.4, -0.2) is 4.57 Å². The molecule has 294 valence electrons. The minimum Gasteiger partial charge on any atom is -0.310 e. The van der Waals surface area contributed by atoms with Crippen LogP contribution in [0.5, 0.6) is 0 Å². The molecule has 12 aromatic rings. The highest BCUT2D eigenvalue weighted by molar-refractivity contribution is 7.99. The molecule has 0 radical (unpaired) electrons. The Morgan fingerprint density at radius 3 is 1.97 bits per heavy atom. The van der Waals surface area contributed by atoms with E-state index in [4.69, 9.17) is 0 Å². The van der Waals surface area contributed by atoms with E-state index in [2.05, 4.69) is 228 Å². The summed E-state index contributed by atoms with van der Waals surface area (Å²) in [5.74, 6) is 0. The highest BCUT2D eigenvalue weighted by atomic mass is 32.2. The standard InChI is InChI=1S/C59H36N2S2/c1-2-16-38(17-3-1)60(39-30-33-53-47(34-39)43-19-5-9-25-52(43)61(53)41-28-31-45-44-20-6-10-26-54(44)62-56(45)35-41)40-29-32-50-57(36-40)63-55-27-11-8-23-49(55)59(50)48-22-7-4-18-42(48)46-21-12-14-37-15-13-24-51(59)58(37)46/h1-36H. The van der Waals surface area contributed by atoms with E-state index >= 15 is 0 Å². The maximum absolute atomic E-state index is 2.45. The molecule has 1 aliphatic heterocycles. The molecule has 2 aliphatic rings. The molecular weight excluding hydrogens is 801 g/mol. The Kier molecular flexibility index (Phi) is 7.45. The normalized spacial score (nSPS) is 15.0. The van der Waals surface area contributed by atoms with Gasteiger partial charge in [0.2, 0.25) is 0 Å². The third-order valence-corrected chi connectivity index (χ3v) is 15.9. The molecular formula is C59H36N2S2. The molecule has 1 unspecified atom stereocenters. The van der Waals surface area contributed by atoms with Crippen molar-refractivity contribution in [2.24, 2.45) is 0 Å². The van der Waals surface area contributed by atoms with Crippen LogP contribution < -0.4 is 4.90 Å². The number of rotatable bonds is 4.